The van der Waals surface area contributed by atoms with Crippen molar-refractivity contribution in [1.29, 1.82) is 0 Å². The van der Waals surface area contributed by atoms with Gasteiger partial charge in [0.15, 0.2) is 0 Å². The predicted octanol–water partition coefficient (Wildman–Crippen LogP) is -0.438. The van der Waals surface area contributed by atoms with Gasteiger partial charge in [0, 0.05) is 12.8 Å². The van der Waals surface area contributed by atoms with Gasteiger partial charge in [-0.3, -0.25) is 9.79 Å². The molecule has 1 rings (SSSR count). The van der Waals surface area contributed by atoms with Gasteiger partial charge in [-0.1, -0.05) is 0 Å². The van der Waals surface area contributed by atoms with Crippen LogP contribution in [0.25, 0.3) is 0 Å². The molecule has 1 unspecified atom stereocenters. The smallest absolute Gasteiger partial charge is 0.225 e. The number of hydrogen-bond acceptors (Lipinski definition) is 2. The zero-order valence-corrected chi connectivity index (χ0v) is 4.50. The first-order valence-corrected chi connectivity index (χ1v) is 2.60. The lowest BCUT2D eigenvalue weighted by atomic mass is 10.1. The quantitative estimate of drug-likeness (QED) is 0.491. The third-order valence-electron chi connectivity index (χ3n) is 1.22. The summed E-state index contributed by atoms with van der Waals surface area (Å²) < 4.78 is 0. The van der Waals surface area contributed by atoms with Crippen LogP contribution in [0.5, 0.6) is 0 Å². The predicted molar refractivity (Wildman–Crippen MR) is 30.7 cm³/mol. The number of carbonyl (C=O) groups is 1. The Morgan fingerprint density at radius 2 is 2.62 bits per heavy atom. The second-order valence-corrected chi connectivity index (χ2v) is 1.85. The molecule has 0 radical (unpaired) electrons. The maximum Gasteiger partial charge on any atom is 0.225 e. The normalized spacial score (nSPS) is 26.2. The first-order valence-electron chi connectivity index (χ1n) is 2.60. The van der Waals surface area contributed by atoms with Crippen LogP contribution in [0.15, 0.2) is 4.99 Å². The van der Waals surface area contributed by atoms with Gasteiger partial charge in [-0.2, -0.15) is 0 Å². The minimum Gasteiger partial charge on any atom is -0.369 e. The van der Waals surface area contributed by atoms with E-state index in [9.17, 15) is 4.79 Å². The summed E-state index contributed by atoms with van der Waals surface area (Å²) in [7, 11) is 0. The van der Waals surface area contributed by atoms with Crippen molar-refractivity contribution >= 4 is 12.1 Å². The number of nitrogens with zero attached hydrogens (tertiary/aromatic N) is 1. The van der Waals surface area contributed by atoms with E-state index in [-0.39, 0.29) is 11.8 Å². The Morgan fingerprint density at radius 3 is 2.88 bits per heavy atom. The molecule has 0 saturated carbocycles. The van der Waals surface area contributed by atoms with Crippen LogP contribution in [0, 0.1) is 5.92 Å². The molecule has 44 valence electrons. The summed E-state index contributed by atoms with van der Waals surface area (Å²) in [5.41, 5.74) is 4.97. The molecule has 3 heteroatoms. The highest BCUT2D eigenvalue weighted by molar-refractivity contribution is 5.93. The Morgan fingerprint density at radius 1 is 1.88 bits per heavy atom. The van der Waals surface area contributed by atoms with E-state index in [2.05, 4.69) is 4.99 Å². The van der Waals surface area contributed by atoms with Crippen LogP contribution in [-0.4, -0.2) is 18.7 Å². The Bertz CT molecular complexity index is 130. The molecule has 0 spiro atoms. The molecule has 1 aliphatic rings. The summed E-state index contributed by atoms with van der Waals surface area (Å²) in [5, 5.41) is 0. The number of carbonyl (C=O) groups excluding carboxylic acids is 1. The number of aliphatic imine (C=N–C) groups is 1. The van der Waals surface area contributed by atoms with E-state index in [0.717, 1.165) is 13.0 Å². The maximum absolute atomic E-state index is 10.3. The lowest BCUT2D eigenvalue weighted by Gasteiger charge is -1.94. The van der Waals surface area contributed by atoms with Crippen molar-refractivity contribution in [2.75, 3.05) is 6.54 Å². The van der Waals surface area contributed by atoms with Gasteiger partial charge < -0.3 is 5.73 Å². The van der Waals surface area contributed by atoms with Gasteiger partial charge in [0.1, 0.15) is 0 Å². The van der Waals surface area contributed by atoms with Crippen molar-refractivity contribution in [3.05, 3.63) is 0 Å². The van der Waals surface area contributed by atoms with E-state index in [4.69, 9.17) is 5.73 Å². The molecular formula is C5H8N2O. The van der Waals surface area contributed by atoms with Crippen LogP contribution in [-0.2, 0) is 4.79 Å². The van der Waals surface area contributed by atoms with Crippen molar-refractivity contribution in [3.63, 3.8) is 0 Å². The lowest BCUT2D eigenvalue weighted by Crippen LogP contribution is -2.22. The average Bonchev–Trinajstić information content (AvgIpc) is 2.12. The average molecular weight is 112 g/mol. The Hall–Kier alpha value is -0.860. The van der Waals surface area contributed by atoms with E-state index in [1.807, 2.05) is 0 Å². The topological polar surface area (TPSA) is 55.5 Å². The van der Waals surface area contributed by atoms with Crippen molar-refractivity contribution in [3.8, 4) is 0 Å². The Kier molecular flexibility index (Phi) is 1.28. The lowest BCUT2D eigenvalue weighted by molar-refractivity contribution is -0.119. The first-order chi connectivity index (χ1) is 3.80. The fraction of sp³-hybridized carbons (Fsp3) is 0.600. The Balaban J connectivity index is 2.48. The van der Waals surface area contributed by atoms with Crippen LogP contribution in [0.4, 0.5) is 0 Å². The molecule has 1 amide bonds. The van der Waals surface area contributed by atoms with Crippen molar-refractivity contribution in [1.82, 2.24) is 0 Å². The van der Waals surface area contributed by atoms with E-state index >= 15 is 0 Å². The summed E-state index contributed by atoms with van der Waals surface area (Å²) in [6.45, 7) is 0.758. The van der Waals surface area contributed by atoms with Crippen LogP contribution in [0.1, 0.15) is 6.42 Å². The molecule has 2 N–H and O–H groups in total. The molecule has 1 atom stereocenters. The highest BCUT2D eigenvalue weighted by Gasteiger charge is 2.14. The van der Waals surface area contributed by atoms with Gasteiger partial charge in [0.2, 0.25) is 5.91 Å². The number of hydrogen-bond donors (Lipinski definition) is 1. The standard InChI is InChI=1S/C5H8N2O/c6-5(8)4-1-2-7-3-4/h3-4H,1-2H2,(H2,6,8). The van der Waals surface area contributed by atoms with E-state index in [1.165, 1.54) is 0 Å². The van der Waals surface area contributed by atoms with Crippen molar-refractivity contribution < 1.29 is 4.79 Å². The van der Waals surface area contributed by atoms with Gasteiger partial charge in [-0.15, -0.1) is 0 Å². The SMILES string of the molecule is NC(=O)C1C=NCC1. The van der Waals surface area contributed by atoms with Crippen LogP contribution in [0.3, 0.4) is 0 Å². The van der Waals surface area contributed by atoms with E-state index < -0.39 is 0 Å². The van der Waals surface area contributed by atoms with Gasteiger partial charge in [0.25, 0.3) is 0 Å². The van der Waals surface area contributed by atoms with Gasteiger partial charge in [-0.25, -0.2) is 0 Å². The second kappa shape index (κ2) is 1.94. The zero-order chi connectivity index (χ0) is 5.98. The molecule has 0 saturated heterocycles. The van der Waals surface area contributed by atoms with Crippen LogP contribution < -0.4 is 5.73 Å². The summed E-state index contributed by atoms with van der Waals surface area (Å²) in [6.07, 6.45) is 2.43. The monoisotopic (exact) mass is 112 g/mol. The Labute approximate surface area is 47.6 Å². The third-order valence-corrected chi connectivity index (χ3v) is 1.22. The van der Waals surface area contributed by atoms with Crippen LogP contribution in [0.2, 0.25) is 0 Å². The van der Waals surface area contributed by atoms with Crippen molar-refractivity contribution in [2.45, 2.75) is 6.42 Å². The minimum absolute atomic E-state index is 0.0880. The summed E-state index contributed by atoms with van der Waals surface area (Å²) >= 11 is 0. The number of rotatable bonds is 1. The number of amides is 1. The van der Waals surface area contributed by atoms with Crippen molar-refractivity contribution in [2.24, 2.45) is 16.6 Å². The molecule has 0 fully saturated rings. The number of nitrogens with two attached hydrogens (primary N) is 1. The first kappa shape index (κ1) is 5.28. The molecule has 0 bridgehead atoms. The minimum atomic E-state index is -0.258. The highest BCUT2D eigenvalue weighted by atomic mass is 16.1. The largest absolute Gasteiger partial charge is 0.369 e. The highest BCUT2D eigenvalue weighted by Crippen LogP contribution is 2.04. The molecule has 1 heterocycles. The van der Waals surface area contributed by atoms with E-state index in [0.29, 0.717) is 0 Å². The summed E-state index contributed by atoms with van der Waals surface area (Å²) in [5.74, 6) is -0.346. The fourth-order valence-corrected chi connectivity index (χ4v) is 0.706. The molecule has 0 aliphatic carbocycles. The molecule has 0 aromatic heterocycles. The molecular weight excluding hydrogens is 104 g/mol. The molecule has 1 aliphatic heterocycles. The molecule has 3 nitrogen and oxygen atoms in total. The second-order valence-electron chi connectivity index (χ2n) is 1.85. The van der Waals surface area contributed by atoms with Crippen LogP contribution >= 0.6 is 0 Å². The van der Waals surface area contributed by atoms with E-state index in [1.54, 1.807) is 6.21 Å². The molecule has 0 aromatic rings. The van der Waals surface area contributed by atoms with Gasteiger partial charge >= 0.3 is 0 Å². The molecule has 0 aromatic carbocycles. The summed E-state index contributed by atoms with van der Waals surface area (Å²) in [4.78, 5) is 14.2. The zero-order valence-electron chi connectivity index (χ0n) is 4.50. The molecule has 8 heavy (non-hydrogen) atoms. The van der Waals surface area contributed by atoms with Gasteiger partial charge in [-0.05, 0) is 6.42 Å². The third kappa shape index (κ3) is 0.857. The maximum atomic E-state index is 10.3. The number of primary amides is 1. The fourth-order valence-electron chi connectivity index (χ4n) is 0.706. The van der Waals surface area contributed by atoms with Gasteiger partial charge in [0.05, 0.1) is 5.92 Å². The summed E-state index contributed by atoms with van der Waals surface area (Å²) in [6, 6.07) is 0.